The van der Waals surface area contributed by atoms with E-state index in [-0.39, 0.29) is 16.4 Å². The average molecular weight is 464 g/mol. The van der Waals surface area contributed by atoms with Crippen LogP contribution in [-0.4, -0.2) is 57.4 Å². The first-order valence-corrected chi connectivity index (χ1v) is 12.5. The van der Waals surface area contributed by atoms with Gasteiger partial charge < -0.3 is 4.90 Å². The first-order chi connectivity index (χ1) is 15.9. The third-order valence-corrected chi connectivity index (χ3v) is 8.03. The maximum atomic E-state index is 13.4. The van der Waals surface area contributed by atoms with Gasteiger partial charge in [0, 0.05) is 39.8 Å². The van der Waals surface area contributed by atoms with Crippen molar-refractivity contribution >= 4 is 21.6 Å². The van der Waals surface area contributed by atoms with Gasteiger partial charge in [0.15, 0.2) is 0 Å². The highest BCUT2D eigenvalue weighted by Gasteiger charge is 2.30. The molecule has 0 aromatic heterocycles. The lowest BCUT2D eigenvalue weighted by Crippen LogP contribution is -2.48. The quantitative estimate of drug-likeness (QED) is 0.558. The Bertz CT molecular complexity index is 1220. The molecular formula is C26H29N3O3S. The molecule has 1 aliphatic rings. The number of benzene rings is 3. The molecule has 0 radical (unpaired) electrons. The molecule has 0 bridgehead atoms. The second kappa shape index (κ2) is 9.77. The first kappa shape index (κ1) is 23.0. The van der Waals surface area contributed by atoms with Gasteiger partial charge in [-0.1, -0.05) is 54.6 Å². The van der Waals surface area contributed by atoms with Gasteiger partial charge in [0.25, 0.3) is 15.9 Å². The van der Waals surface area contributed by atoms with Crippen LogP contribution < -0.4 is 4.31 Å². The summed E-state index contributed by atoms with van der Waals surface area (Å²) in [7, 11) is -2.38. The molecule has 172 valence electrons. The SMILES string of the molecule is Cc1ccccc1CN1CCN(C(=O)c2ccccc2S(=O)(=O)N(C)c2ccccc2)CC1. The molecule has 7 heteroatoms. The van der Waals surface area contributed by atoms with Gasteiger partial charge in [-0.2, -0.15) is 0 Å². The summed E-state index contributed by atoms with van der Waals surface area (Å²) in [6.07, 6.45) is 0. The standard InChI is InChI=1S/C26H29N3O3S/c1-21-10-6-7-11-22(21)20-28-16-18-29(19-17-28)26(30)24-14-8-9-15-25(24)33(31,32)27(2)23-12-4-3-5-13-23/h3-15H,16-20H2,1-2H3. The van der Waals surface area contributed by atoms with Gasteiger partial charge in [-0.3, -0.25) is 14.0 Å². The van der Waals surface area contributed by atoms with Gasteiger partial charge in [0.1, 0.15) is 4.90 Å². The Morgan fingerprint density at radius 1 is 0.848 bits per heavy atom. The van der Waals surface area contributed by atoms with Crippen LogP contribution in [0, 0.1) is 6.92 Å². The minimum Gasteiger partial charge on any atom is -0.336 e. The predicted octanol–water partition coefficient (Wildman–Crippen LogP) is 3.78. The fourth-order valence-electron chi connectivity index (χ4n) is 4.10. The van der Waals surface area contributed by atoms with Crippen LogP contribution in [0.3, 0.4) is 0 Å². The smallest absolute Gasteiger partial charge is 0.264 e. The van der Waals surface area contributed by atoms with Crippen LogP contribution in [0.4, 0.5) is 5.69 Å². The van der Waals surface area contributed by atoms with E-state index in [0.29, 0.717) is 18.8 Å². The third-order valence-electron chi connectivity index (χ3n) is 6.19. The summed E-state index contributed by atoms with van der Waals surface area (Å²) >= 11 is 0. The molecule has 4 rings (SSSR count). The molecule has 1 amide bonds. The number of para-hydroxylation sites is 1. The van der Waals surface area contributed by atoms with Crippen molar-refractivity contribution in [3.05, 3.63) is 95.6 Å². The van der Waals surface area contributed by atoms with E-state index in [1.54, 1.807) is 47.4 Å². The molecule has 1 fully saturated rings. The highest BCUT2D eigenvalue weighted by atomic mass is 32.2. The highest BCUT2D eigenvalue weighted by Crippen LogP contribution is 2.25. The van der Waals surface area contributed by atoms with Crippen LogP contribution in [0.1, 0.15) is 21.5 Å². The number of hydrogen-bond donors (Lipinski definition) is 0. The molecule has 0 spiro atoms. The Morgan fingerprint density at radius 3 is 2.15 bits per heavy atom. The largest absolute Gasteiger partial charge is 0.336 e. The number of amides is 1. The fraction of sp³-hybridized carbons (Fsp3) is 0.269. The maximum absolute atomic E-state index is 13.4. The van der Waals surface area contributed by atoms with Gasteiger partial charge in [0.05, 0.1) is 11.3 Å². The number of piperazine rings is 1. The van der Waals surface area contributed by atoms with E-state index in [4.69, 9.17) is 0 Å². The van der Waals surface area contributed by atoms with Gasteiger partial charge in [0.2, 0.25) is 0 Å². The summed E-state index contributed by atoms with van der Waals surface area (Å²) in [6.45, 7) is 5.58. The van der Waals surface area contributed by atoms with Crippen LogP contribution in [-0.2, 0) is 16.6 Å². The van der Waals surface area contributed by atoms with Gasteiger partial charge in [-0.15, -0.1) is 0 Å². The van der Waals surface area contributed by atoms with Crippen molar-refractivity contribution in [2.24, 2.45) is 0 Å². The molecule has 1 heterocycles. The highest BCUT2D eigenvalue weighted by molar-refractivity contribution is 7.92. The monoisotopic (exact) mass is 463 g/mol. The Kier molecular flexibility index (Phi) is 6.81. The minimum atomic E-state index is -3.89. The molecule has 3 aromatic carbocycles. The number of rotatable bonds is 6. The topological polar surface area (TPSA) is 60.9 Å². The molecule has 0 unspecified atom stereocenters. The summed E-state index contributed by atoms with van der Waals surface area (Å²) in [5.74, 6) is -0.244. The van der Waals surface area contributed by atoms with Crippen molar-refractivity contribution in [3.8, 4) is 0 Å². The molecule has 0 aliphatic carbocycles. The van der Waals surface area contributed by atoms with Crippen LogP contribution in [0.25, 0.3) is 0 Å². The van der Waals surface area contributed by atoms with Crippen molar-refractivity contribution < 1.29 is 13.2 Å². The molecule has 0 N–H and O–H groups in total. The lowest BCUT2D eigenvalue weighted by Gasteiger charge is -2.35. The molecule has 6 nitrogen and oxygen atoms in total. The van der Waals surface area contributed by atoms with E-state index < -0.39 is 10.0 Å². The van der Waals surface area contributed by atoms with E-state index in [1.807, 2.05) is 18.2 Å². The zero-order valence-electron chi connectivity index (χ0n) is 19.0. The number of sulfonamides is 1. The Balaban J connectivity index is 1.49. The minimum absolute atomic E-state index is 0.0312. The van der Waals surface area contributed by atoms with E-state index >= 15 is 0 Å². The zero-order chi connectivity index (χ0) is 23.4. The van der Waals surface area contributed by atoms with Crippen molar-refractivity contribution in [2.75, 3.05) is 37.5 Å². The summed E-state index contributed by atoms with van der Waals surface area (Å²) in [5.41, 5.74) is 3.31. The Labute approximate surface area is 196 Å². The molecule has 33 heavy (non-hydrogen) atoms. The molecule has 0 saturated carbocycles. The van der Waals surface area contributed by atoms with Crippen molar-refractivity contribution in [1.82, 2.24) is 9.80 Å². The van der Waals surface area contributed by atoms with Crippen LogP contribution in [0.2, 0.25) is 0 Å². The molecule has 3 aromatic rings. The molecule has 1 aliphatic heterocycles. The maximum Gasteiger partial charge on any atom is 0.264 e. The van der Waals surface area contributed by atoms with Crippen LogP contribution in [0.5, 0.6) is 0 Å². The van der Waals surface area contributed by atoms with E-state index in [0.717, 1.165) is 19.6 Å². The Morgan fingerprint density at radius 2 is 1.45 bits per heavy atom. The number of carbonyl (C=O) groups excluding carboxylic acids is 1. The first-order valence-electron chi connectivity index (χ1n) is 11.1. The Hall–Kier alpha value is -3.16. The predicted molar refractivity (Wildman–Crippen MR) is 131 cm³/mol. The molecule has 1 saturated heterocycles. The third kappa shape index (κ3) is 4.94. The zero-order valence-corrected chi connectivity index (χ0v) is 19.8. The van der Waals surface area contributed by atoms with E-state index in [2.05, 4.69) is 24.0 Å². The molecule has 0 atom stereocenters. The summed E-state index contributed by atoms with van der Waals surface area (Å²) in [6, 6.07) is 23.7. The van der Waals surface area contributed by atoms with E-state index in [9.17, 15) is 13.2 Å². The number of nitrogens with zero attached hydrogens (tertiary/aromatic N) is 3. The van der Waals surface area contributed by atoms with Crippen LogP contribution in [0.15, 0.2) is 83.8 Å². The van der Waals surface area contributed by atoms with Gasteiger partial charge in [-0.25, -0.2) is 8.42 Å². The van der Waals surface area contributed by atoms with Gasteiger partial charge >= 0.3 is 0 Å². The summed E-state index contributed by atoms with van der Waals surface area (Å²) in [4.78, 5) is 17.5. The van der Waals surface area contributed by atoms with Crippen molar-refractivity contribution in [1.29, 1.82) is 0 Å². The second-order valence-corrected chi connectivity index (χ2v) is 10.2. The fourth-order valence-corrected chi connectivity index (χ4v) is 5.48. The lowest BCUT2D eigenvalue weighted by molar-refractivity contribution is 0.0624. The van der Waals surface area contributed by atoms with Crippen molar-refractivity contribution in [2.45, 2.75) is 18.4 Å². The van der Waals surface area contributed by atoms with Crippen LogP contribution >= 0.6 is 0 Å². The summed E-state index contributed by atoms with van der Waals surface area (Å²) in [5, 5.41) is 0. The normalized spacial score (nSPS) is 14.8. The second-order valence-electron chi connectivity index (χ2n) is 8.30. The number of carbonyl (C=O) groups is 1. The lowest BCUT2D eigenvalue weighted by atomic mass is 10.1. The summed E-state index contributed by atoms with van der Waals surface area (Å²) < 4.78 is 28.0. The average Bonchev–Trinajstić information content (AvgIpc) is 2.85. The van der Waals surface area contributed by atoms with Crippen molar-refractivity contribution in [3.63, 3.8) is 0 Å². The van der Waals surface area contributed by atoms with E-state index in [1.165, 1.54) is 28.5 Å². The molecular weight excluding hydrogens is 434 g/mol. The number of hydrogen-bond acceptors (Lipinski definition) is 4. The number of aryl methyl sites for hydroxylation is 1. The number of anilines is 1. The van der Waals surface area contributed by atoms with Gasteiger partial charge in [-0.05, 0) is 42.3 Å².